The fourth-order valence-electron chi connectivity index (χ4n) is 14.3. The molecule has 0 saturated heterocycles. The molecule has 6 aliphatic rings. The van der Waals surface area contributed by atoms with Gasteiger partial charge in [-0.15, -0.1) is 0 Å². The second-order valence-corrected chi connectivity index (χ2v) is 24.0. The molecule has 0 bridgehead atoms. The molecule has 0 aliphatic heterocycles. The number of hydrogen-bond donors (Lipinski definition) is 8. The van der Waals surface area contributed by atoms with E-state index in [1.807, 2.05) is 27.7 Å². The second kappa shape index (κ2) is 24.3. The van der Waals surface area contributed by atoms with Gasteiger partial charge in [0.1, 0.15) is 0 Å². The highest BCUT2D eigenvalue weighted by Crippen LogP contribution is 2.61. The number of aliphatic hydroxyl groups is 8. The highest BCUT2D eigenvalue weighted by atomic mass is 16.3. The van der Waals surface area contributed by atoms with Crippen molar-refractivity contribution in [1.82, 2.24) is 0 Å². The molecule has 376 valence electrons. The Morgan fingerprint density at radius 3 is 1.23 bits per heavy atom. The van der Waals surface area contributed by atoms with Gasteiger partial charge in [0.25, 0.3) is 0 Å². The molecule has 8 heteroatoms. The predicted molar refractivity (Wildman–Crippen MR) is 269 cm³/mol. The maximum Gasteiger partial charge on any atom is 0.0812 e. The summed E-state index contributed by atoms with van der Waals surface area (Å²) in [6.07, 6.45) is 32.1. The summed E-state index contributed by atoms with van der Waals surface area (Å²) >= 11 is 0. The summed E-state index contributed by atoms with van der Waals surface area (Å²) in [6.45, 7) is 17.6. The third kappa shape index (κ3) is 14.6. The number of hydrogen-bond acceptors (Lipinski definition) is 8. The van der Waals surface area contributed by atoms with Crippen LogP contribution >= 0.6 is 0 Å². The van der Waals surface area contributed by atoms with Crippen LogP contribution in [0, 0.1) is 46.3 Å². The average molecular weight is 921 g/mol. The van der Waals surface area contributed by atoms with E-state index in [4.69, 9.17) is 10.2 Å². The van der Waals surface area contributed by atoms with Crippen molar-refractivity contribution < 1.29 is 40.9 Å². The van der Waals surface area contributed by atoms with E-state index >= 15 is 0 Å². The molecule has 0 spiro atoms. The normalized spacial score (nSPS) is 35.0. The molecule has 6 saturated carbocycles. The molecule has 8 nitrogen and oxygen atoms in total. The van der Waals surface area contributed by atoms with Crippen LogP contribution in [0.1, 0.15) is 197 Å². The molecule has 0 heterocycles. The van der Waals surface area contributed by atoms with E-state index in [0.29, 0.717) is 84.2 Å². The van der Waals surface area contributed by atoms with Gasteiger partial charge in [0.05, 0.1) is 35.6 Å². The first kappa shape index (κ1) is 55.1. The zero-order chi connectivity index (χ0) is 48.5. The summed E-state index contributed by atoms with van der Waals surface area (Å²) < 4.78 is 0. The van der Waals surface area contributed by atoms with Crippen LogP contribution in [0.2, 0.25) is 0 Å². The van der Waals surface area contributed by atoms with Gasteiger partial charge in [0.2, 0.25) is 0 Å². The largest absolute Gasteiger partial charge is 0.396 e. The third-order valence-electron chi connectivity index (χ3n) is 17.8. The van der Waals surface area contributed by atoms with Crippen LogP contribution in [-0.2, 0) is 0 Å². The molecular formula is C58H96O8. The van der Waals surface area contributed by atoms with Crippen LogP contribution in [-0.4, -0.2) is 89.7 Å². The highest BCUT2D eigenvalue weighted by Gasteiger charge is 2.52. The summed E-state index contributed by atoms with van der Waals surface area (Å²) in [5, 5.41) is 80.2. The van der Waals surface area contributed by atoms with Crippen LogP contribution in [0.5, 0.6) is 0 Å². The maximum atomic E-state index is 10.5. The number of fused-ring (bicyclic) bond motifs is 2. The smallest absolute Gasteiger partial charge is 0.0812 e. The lowest BCUT2D eigenvalue weighted by Crippen LogP contribution is -2.36. The van der Waals surface area contributed by atoms with E-state index in [1.54, 1.807) is 23.3 Å². The Morgan fingerprint density at radius 1 is 0.561 bits per heavy atom. The van der Waals surface area contributed by atoms with Gasteiger partial charge in [0.15, 0.2) is 0 Å². The summed E-state index contributed by atoms with van der Waals surface area (Å²) in [4.78, 5) is 0. The lowest BCUT2D eigenvalue weighted by molar-refractivity contribution is 0.0590. The van der Waals surface area contributed by atoms with E-state index in [0.717, 1.165) is 61.5 Å². The molecule has 66 heavy (non-hydrogen) atoms. The first-order chi connectivity index (χ1) is 31.1. The van der Waals surface area contributed by atoms with Crippen LogP contribution < -0.4 is 0 Å². The van der Waals surface area contributed by atoms with Gasteiger partial charge >= 0.3 is 0 Å². The molecule has 0 aromatic heterocycles. The molecule has 6 unspecified atom stereocenters. The first-order valence-electron chi connectivity index (χ1n) is 26.7. The van der Waals surface area contributed by atoms with E-state index in [2.05, 4.69) is 52.0 Å². The SMILES string of the molecule is CC(CCCC(C)(C)O)C1CCC2/C(=C/C=C3C[C@@H](O)C(=CCCO)[C@H](O)C3)CCC[C@@]21C.CC(CCCC(C)(C)O)C1CCC2/C(=C/C=C3C[C@@H](O)C(=CCCO)[C@H](O)C3)CCC[C@@]21C. The Labute approximate surface area is 401 Å². The second-order valence-electron chi connectivity index (χ2n) is 24.0. The van der Waals surface area contributed by atoms with Crippen molar-refractivity contribution >= 4 is 0 Å². The Balaban J connectivity index is 0.000000247. The van der Waals surface area contributed by atoms with Gasteiger partial charge in [-0.1, -0.05) is 112 Å². The summed E-state index contributed by atoms with van der Waals surface area (Å²) in [6, 6.07) is 0. The van der Waals surface area contributed by atoms with Gasteiger partial charge in [-0.2, -0.15) is 0 Å². The highest BCUT2D eigenvalue weighted by molar-refractivity contribution is 5.32. The van der Waals surface area contributed by atoms with E-state index in [1.165, 1.54) is 64.2 Å². The minimum absolute atomic E-state index is 0.0386. The quantitative estimate of drug-likeness (QED) is 0.0710. The molecule has 0 aromatic rings. The zero-order valence-electron chi connectivity index (χ0n) is 42.8. The van der Waals surface area contributed by atoms with Crippen molar-refractivity contribution in [3.05, 3.63) is 69.9 Å². The monoisotopic (exact) mass is 921 g/mol. The summed E-state index contributed by atoms with van der Waals surface area (Å²) in [7, 11) is 0. The number of allylic oxidation sites excluding steroid dienone is 6. The third-order valence-corrected chi connectivity index (χ3v) is 17.8. The molecule has 0 radical (unpaired) electrons. The molecule has 8 N–H and O–H groups in total. The van der Waals surface area contributed by atoms with Crippen molar-refractivity contribution in [3.63, 3.8) is 0 Å². The molecule has 6 fully saturated rings. The number of rotatable bonds is 16. The van der Waals surface area contributed by atoms with Crippen molar-refractivity contribution in [1.29, 1.82) is 0 Å². The minimum atomic E-state index is -0.651. The molecule has 6 rings (SSSR count). The zero-order valence-corrected chi connectivity index (χ0v) is 42.8. The maximum absolute atomic E-state index is 10.5. The lowest BCUT2D eigenvalue weighted by Gasteiger charge is -2.44. The molecule has 12 atom stereocenters. The van der Waals surface area contributed by atoms with E-state index in [-0.39, 0.29) is 13.2 Å². The van der Waals surface area contributed by atoms with Crippen molar-refractivity contribution in [2.24, 2.45) is 46.3 Å². The molecule has 6 aliphatic carbocycles. The Morgan fingerprint density at radius 2 is 0.909 bits per heavy atom. The van der Waals surface area contributed by atoms with E-state index < -0.39 is 35.6 Å². The van der Waals surface area contributed by atoms with E-state index in [9.17, 15) is 30.6 Å². The Hall–Kier alpha value is -1.88. The first-order valence-corrected chi connectivity index (χ1v) is 26.7. The topological polar surface area (TPSA) is 162 Å². The van der Waals surface area contributed by atoms with Gasteiger partial charge in [0, 0.05) is 13.2 Å². The van der Waals surface area contributed by atoms with Crippen LogP contribution in [0.15, 0.2) is 69.9 Å². The van der Waals surface area contributed by atoms with Crippen LogP contribution in [0.4, 0.5) is 0 Å². The van der Waals surface area contributed by atoms with Gasteiger partial charge < -0.3 is 40.9 Å². The standard InChI is InChI=1S/2C29H48O4/c2*1-20(8-5-15-28(2,3)33)24-13-14-25-22(9-6-16-29(24,25)4)12-11-21-18-26(31)23(10-7-17-30)27(32)19-21/h2*10-12,20,24-27,30-33H,5-9,13-19H2,1-4H3/b2*21-11?,22-12+,23-10?/t2*20?,24?,25?,26-,27-,29-/m11/s1. The predicted octanol–water partition coefficient (Wildman–Crippen LogP) is 10.9. The average Bonchev–Trinajstić information content (AvgIpc) is 3.78. The fraction of sp³-hybridized carbons (Fsp3) is 0.793. The van der Waals surface area contributed by atoms with Crippen molar-refractivity contribution in [2.75, 3.05) is 13.2 Å². The van der Waals surface area contributed by atoms with Gasteiger partial charge in [-0.3, -0.25) is 0 Å². The van der Waals surface area contributed by atoms with Gasteiger partial charge in [-0.05, 0) is 201 Å². The fourth-order valence-corrected chi connectivity index (χ4v) is 14.3. The van der Waals surface area contributed by atoms with Crippen LogP contribution in [0.25, 0.3) is 0 Å². The Kier molecular flexibility index (Phi) is 20.3. The molecule has 0 amide bonds. The number of aliphatic hydroxyl groups excluding tert-OH is 6. The minimum Gasteiger partial charge on any atom is -0.396 e. The van der Waals surface area contributed by atoms with Crippen molar-refractivity contribution in [2.45, 2.75) is 232 Å². The van der Waals surface area contributed by atoms with Crippen molar-refractivity contribution in [3.8, 4) is 0 Å². The summed E-state index contributed by atoms with van der Waals surface area (Å²) in [5.41, 5.74) is 6.28. The molecular weight excluding hydrogens is 825 g/mol. The summed E-state index contributed by atoms with van der Waals surface area (Å²) in [5.74, 6) is 4.16. The lowest BCUT2D eigenvalue weighted by atomic mass is 9.60. The van der Waals surface area contributed by atoms with Crippen LogP contribution in [0.3, 0.4) is 0 Å². The molecule has 0 aromatic carbocycles. The Bertz CT molecular complexity index is 1580. The van der Waals surface area contributed by atoms with Gasteiger partial charge in [-0.25, -0.2) is 0 Å².